The smallest absolute Gasteiger partial charge is 0.100 e. The maximum absolute atomic E-state index is 9.33. The van der Waals surface area contributed by atoms with Gasteiger partial charge in [-0.1, -0.05) is 6.92 Å². The van der Waals surface area contributed by atoms with E-state index in [1.54, 1.807) is 11.3 Å². The quantitative estimate of drug-likeness (QED) is 0.887. The van der Waals surface area contributed by atoms with Crippen LogP contribution in [0.2, 0.25) is 0 Å². The molecule has 1 unspecified atom stereocenters. The molecule has 0 aliphatic carbocycles. The summed E-state index contributed by atoms with van der Waals surface area (Å²) in [6.07, 6.45) is 1.01. The molecule has 1 atom stereocenters. The molecule has 0 amide bonds. The van der Waals surface area contributed by atoms with Crippen molar-refractivity contribution in [2.75, 3.05) is 32.8 Å². The third-order valence-electron chi connectivity index (χ3n) is 3.77. The molecule has 104 valence electrons. The standard InChI is InChI=1S/C14H21N3OS/c1-2-13(10-18)17-5-3-16(4-6-17)9-14-7-12(8-15)11-19-14/h7,11,13,18H,2-6,9-10H2,1H3. The van der Waals surface area contributed by atoms with Gasteiger partial charge in [-0.05, 0) is 12.5 Å². The Labute approximate surface area is 118 Å². The predicted molar refractivity (Wildman–Crippen MR) is 77.0 cm³/mol. The average molecular weight is 279 g/mol. The molecule has 0 saturated carbocycles. The van der Waals surface area contributed by atoms with Gasteiger partial charge in [-0.25, -0.2) is 0 Å². The molecule has 5 heteroatoms. The molecule has 1 aromatic rings. The van der Waals surface area contributed by atoms with E-state index >= 15 is 0 Å². The summed E-state index contributed by atoms with van der Waals surface area (Å²) in [6.45, 7) is 7.45. The molecule has 1 aliphatic heterocycles. The minimum atomic E-state index is 0.257. The van der Waals surface area contributed by atoms with Gasteiger partial charge in [0.25, 0.3) is 0 Å². The van der Waals surface area contributed by atoms with Crippen molar-refractivity contribution >= 4 is 11.3 Å². The van der Waals surface area contributed by atoms with E-state index in [0.29, 0.717) is 6.04 Å². The van der Waals surface area contributed by atoms with Gasteiger partial charge in [0.2, 0.25) is 0 Å². The van der Waals surface area contributed by atoms with E-state index in [9.17, 15) is 5.11 Å². The van der Waals surface area contributed by atoms with Crippen LogP contribution in [0.15, 0.2) is 11.4 Å². The molecular formula is C14H21N3OS. The summed E-state index contributed by atoms with van der Waals surface area (Å²) in [6, 6.07) is 4.48. The van der Waals surface area contributed by atoms with Crippen molar-refractivity contribution in [3.05, 3.63) is 21.9 Å². The van der Waals surface area contributed by atoms with E-state index in [0.717, 1.165) is 44.7 Å². The first kappa shape index (κ1) is 14.5. The summed E-state index contributed by atoms with van der Waals surface area (Å²) >= 11 is 1.67. The minimum Gasteiger partial charge on any atom is -0.395 e. The van der Waals surface area contributed by atoms with Crippen LogP contribution in [0.1, 0.15) is 23.8 Å². The molecule has 19 heavy (non-hydrogen) atoms. The Kier molecular flexibility index (Phi) is 5.34. The van der Waals surface area contributed by atoms with Crippen molar-refractivity contribution in [1.29, 1.82) is 5.26 Å². The summed E-state index contributed by atoms with van der Waals surface area (Å²) in [7, 11) is 0. The van der Waals surface area contributed by atoms with Crippen LogP contribution in [0.5, 0.6) is 0 Å². The lowest BCUT2D eigenvalue weighted by molar-refractivity contribution is 0.0612. The molecule has 1 aliphatic rings. The molecule has 2 rings (SSSR count). The number of hydrogen-bond donors (Lipinski definition) is 1. The topological polar surface area (TPSA) is 50.5 Å². The van der Waals surface area contributed by atoms with Crippen LogP contribution in [0, 0.1) is 11.3 Å². The van der Waals surface area contributed by atoms with Crippen molar-refractivity contribution in [1.82, 2.24) is 9.80 Å². The second kappa shape index (κ2) is 7.01. The van der Waals surface area contributed by atoms with E-state index in [2.05, 4.69) is 22.8 Å². The molecule has 0 spiro atoms. The van der Waals surface area contributed by atoms with Gasteiger partial charge >= 0.3 is 0 Å². The lowest BCUT2D eigenvalue weighted by Gasteiger charge is -2.38. The van der Waals surface area contributed by atoms with Crippen molar-refractivity contribution in [2.24, 2.45) is 0 Å². The summed E-state index contributed by atoms with van der Waals surface area (Å²) < 4.78 is 0. The van der Waals surface area contributed by atoms with Crippen LogP contribution < -0.4 is 0 Å². The van der Waals surface area contributed by atoms with Crippen LogP contribution in [0.4, 0.5) is 0 Å². The Morgan fingerprint density at radius 1 is 1.42 bits per heavy atom. The maximum Gasteiger partial charge on any atom is 0.100 e. The van der Waals surface area contributed by atoms with Crippen LogP contribution in [0.3, 0.4) is 0 Å². The third kappa shape index (κ3) is 3.77. The second-order valence-electron chi connectivity index (χ2n) is 4.97. The summed E-state index contributed by atoms with van der Waals surface area (Å²) in [5.41, 5.74) is 0.768. The van der Waals surface area contributed by atoms with Gasteiger partial charge in [-0.3, -0.25) is 9.80 Å². The number of hydrogen-bond acceptors (Lipinski definition) is 5. The number of nitrogens with zero attached hydrogens (tertiary/aromatic N) is 3. The highest BCUT2D eigenvalue weighted by Crippen LogP contribution is 2.18. The first-order chi connectivity index (χ1) is 9.26. The Balaban J connectivity index is 1.82. The molecule has 0 bridgehead atoms. The van der Waals surface area contributed by atoms with E-state index in [1.165, 1.54) is 4.88 Å². The molecule has 4 nitrogen and oxygen atoms in total. The fourth-order valence-electron chi connectivity index (χ4n) is 2.53. The van der Waals surface area contributed by atoms with Gasteiger partial charge in [0.05, 0.1) is 12.2 Å². The van der Waals surface area contributed by atoms with Gasteiger partial charge in [-0.15, -0.1) is 11.3 Å². The molecule has 1 aromatic heterocycles. The van der Waals surface area contributed by atoms with Crippen molar-refractivity contribution in [3.63, 3.8) is 0 Å². The molecule has 1 N–H and O–H groups in total. The predicted octanol–water partition coefficient (Wildman–Crippen LogP) is 1.51. The van der Waals surface area contributed by atoms with Crippen molar-refractivity contribution in [2.45, 2.75) is 25.9 Å². The SMILES string of the molecule is CCC(CO)N1CCN(Cc2cc(C#N)cs2)CC1. The molecule has 1 saturated heterocycles. The van der Waals surface area contributed by atoms with Crippen molar-refractivity contribution < 1.29 is 5.11 Å². The van der Waals surface area contributed by atoms with Gasteiger partial charge in [0, 0.05) is 49.0 Å². The van der Waals surface area contributed by atoms with Crippen LogP contribution >= 0.6 is 11.3 Å². The Morgan fingerprint density at radius 3 is 2.68 bits per heavy atom. The molecule has 1 fully saturated rings. The maximum atomic E-state index is 9.33. The lowest BCUT2D eigenvalue weighted by Crippen LogP contribution is -2.50. The Bertz CT molecular complexity index is 428. The largest absolute Gasteiger partial charge is 0.395 e. The molecule has 0 aromatic carbocycles. The zero-order chi connectivity index (χ0) is 13.7. The van der Waals surface area contributed by atoms with Gasteiger partial charge < -0.3 is 5.11 Å². The summed E-state index contributed by atoms with van der Waals surface area (Å²) in [4.78, 5) is 6.07. The number of nitriles is 1. The van der Waals surface area contributed by atoms with E-state index in [-0.39, 0.29) is 6.61 Å². The molecule has 0 radical (unpaired) electrons. The second-order valence-corrected chi connectivity index (χ2v) is 5.97. The van der Waals surface area contributed by atoms with Crippen molar-refractivity contribution in [3.8, 4) is 6.07 Å². The van der Waals surface area contributed by atoms with Crippen LogP contribution in [-0.4, -0.2) is 53.7 Å². The number of piperazine rings is 1. The van der Waals surface area contributed by atoms with Gasteiger partial charge in [-0.2, -0.15) is 5.26 Å². The highest BCUT2D eigenvalue weighted by atomic mass is 32.1. The normalized spacial score (nSPS) is 19.2. The fraction of sp³-hybridized carbons (Fsp3) is 0.643. The number of thiophene rings is 1. The summed E-state index contributed by atoms with van der Waals surface area (Å²) in [5, 5.41) is 20.1. The fourth-order valence-corrected chi connectivity index (χ4v) is 3.38. The minimum absolute atomic E-state index is 0.257. The Hall–Kier alpha value is -0.930. The van der Waals surface area contributed by atoms with E-state index in [1.807, 2.05) is 11.4 Å². The monoisotopic (exact) mass is 279 g/mol. The highest BCUT2D eigenvalue weighted by molar-refractivity contribution is 7.10. The number of aliphatic hydroxyl groups excluding tert-OH is 1. The average Bonchev–Trinajstić information content (AvgIpc) is 2.90. The first-order valence-corrected chi connectivity index (χ1v) is 7.69. The van der Waals surface area contributed by atoms with Gasteiger partial charge in [0.15, 0.2) is 0 Å². The number of rotatable bonds is 5. The highest BCUT2D eigenvalue weighted by Gasteiger charge is 2.22. The zero-order valence-corrected chi connectivity index (χ0v) is 12.2. The molecule has 2 heterocycles. The van der Waals surface area contributed by atoms with Gasteiger partial charge in [0.1, 0.15) is 6.07 Å². The van der Waals surface area contributed by atoms with E-state index in [4.69, 9.17) is 5.26 Å². The lowest BCUT2D eigenvalue weighted by atomic mass is 10.1. The molecular weight excluding hydrogens is 258 g/mol. The Morgan fingerprint density at radius 2 is 2.16 bits per heavy atom. The third-order valence-corrected chi connectivity index (χ3v) is 4.69. The van der Waals surface area contributed by atoms with E-state index < -0.39 is 0 Å². The van der Waals surface area contributed by atoms with Crippen LogP contribution in [0.25, 0.3) is 0 Å². The number of aliphatic hydroxyl groups is 1. The zero-order valence-electron chi connectivity index (χ0n) is 11.4. The van der Waals surface area contributed by atoms with Crippen LogP contribution in [-0.2, 0) is 6.54 Å². The first-order valence-electron chi connectivity index (χ1n) is 6.81. The summed E-state index contributed by atoms with van der Waals surface area (Å²) in [5.74, 6) is 0.